The number of nitrogens with zero attached hydrogens (tertiary/aromatic N) is 3. The van der Waals surface area contributed by atoms with Crippen LogP contribution in [-0.2, 0) is 16.6 Å². The first-order valence-electron chi connectivity index (χ1n) is 11.5. The molecule has 0 unspecified atom stereocenters. The lowest BCUT2D eigenvalue weighted by atomic mass is 9.71. The van der Waals surface area contributed by atoms with Crippen LogP contribution < -0.4 is 21.1 Å². The summed E-state index contributed by atoms with van der Waals surface area (Å²) in [6.45, 7) is 7.65. The summed E-state index contributed by atoms with van der Waals surface area (Å²) in [7, 11) is 0. The summed E-state index contributed by atoms with van der Waals surface area (Å²) in [6.07, 6.45) is 6.74. The van der Waals surface area contributed by atoms with E-state index in [2.05, 4.69) is 40.8 Å². The van der Waals surface area contributed by atoms with E-state index < -0.39 is 0 Å². The summed E-state index contributed by atoms with van der Waals surface area (Å²) >= 11 is 0. The van der Waals surface area contributed by atoms with Crippen LogP contribution in [0.4, 0.5) is 11.5 Å². The molecule has 5 rings (SSSR count). The van der Waals surface area contributed by atoms with E-state index in [1.165, 1.54) is 11.3 Å². The van der Waals surface area contributed by atoms with E-state index >= 15 is 0 Å². The number of rotatable bonds is 3. The quantitative estimate of drug-likeness (QED) is 0.783. The normalized spacial score (nSPS) is 24.9. The van der Waals surface area contributed by atoms with Gasteiger partial charge in [0.1, 0.15) is 17.9 Å². The average molecular weight is 424 g/mol. The second-order valence-electron chi connectivity index (χ2n) is 9.74. The lowest BCUT2D eigenvalue weighted by Gasteiger charge is -2.39. The zero-order valence-corrected chi connectivity index (χ0v) is 18.6. The minimum atomic E-state index is -0.162. The van der Waals surface area contributed by atoms with Crippen molar-refractivity contribution in [3.05, 3.63) is 29.6 Å². The van der Waals surface area contributed by atoms with Gasteiger partial charge in [0.2, 0.25) is 0 Å². The lowest BCUT2D eigenvalue weighted by Crippen LogP contribution is -2.39. The molecule has 7 nitrogen and oxygen atoms in total. The predicted octanol–water partition coefficient (Wildman–Crippen LogP) is 3.04. The van der Waals surface area contributed by atoms with Gasteiger partial charge in [0.05, 0.1) is 30.7 Å². The monoisotopic (exact) mass is 423 g/mol. The first-order valence-corrected chi connectivity index (χ1v) is 11.5. The summed E-state index contributed by atoms with van der Waals surface area (Å²) in [5.41, 5.74) is 17.9. The van der Waals surface area contributed by atoms with Crippen molar-refractivity contribution in [2.45, 2.75) is 63.5 Å². The maximum Gasteiger partial charge on any atom is 0.143 e. The van der Waals surface area contributed by atoms with Crippen LogP contribution >= 0.6 is 0 Å². The fraction of sp³-hybridized carbons (Fsp3) is 0.583. The van der Waals surface area contributed by atoms with Crippen molar-refractivity contribution in [3.8, 4) is 17.0 Å². The molecule has 166 valence electrons. The minimum absolute atomic E-state index is 0.162. The largest absolute Gasteiger partial charge is 0.488 e. The van der Waals surface area contributed by atoms with Gasteiger partial charge in [-0.1, -0.05) is 13.8 Å². The lowest BCUT2D eigenvalue weighted by molar-refractivity contribution is 0.120. The van der Waals surface area contributed by atoms with Crippen molar-refractivity contribution < 1.29 is 9.47 Å². The third kappa shape index (κ3) is 3.74. The van der Waals surface area contributed by atoms with Crippen molar-refractivity contribution in [1.29, 1.82) is 0 Å². The summed E-state index contributed by atoms with van der Waals surface area (Å²) in [5, 5.41) is 0. The van der Waals surface area contributed by atoms with Gasteiger partial charge in [-0.3, -0.25) is 0 Å². The van der Waals surface area contributed by atoms with Gasteiger partial charge < -0.3 is 25.8 Å². The molecule has 7 heteroatoms. The van der Waals surface area contributed by atoms with Crippen LogP contribution in [0, 0.1) is 0 Å². The number of hydrogen-bond donors (Lipinski definition) is 2. The Morgan fingerprint density at radius 3 is 2.58 bits per heavy atom. The molecule has 0 radical (unpaired) electrons. The van der Waals surface area contributed by atoms with E-state index in [0.29, 0.717) is 11.9 Å². The fourth-order valence-corrected chi connectivity index (χ4v) is 5.43. The van der Waals surface area contributed by atoms with Crippen LogP contribution in [0.15, 0.2) is 18.5 Å². The molecule has 2 heterocycles. The highest BCUT2D eigenvalue weighted by molar-refractivity contribution is 5.83. The molecular weight excluding hydrogens is 390 g/mol. The van der Waals surface area contributed by atoms with E-state index in [0.717, 1.165) is 81.0 Å². The van der Waals surface area contributed by atoms with Crippen molar-refractivity contribution in [2.24, 2.45) is 5.73 Å². The maximum atomic E-state index is 6.64. The Morgan fingerprint density at radius 2 is 1.84 bits per heavy atom. The molecule has 2 aromatic rings. The Labute approximate surface area is 184 Å². The Bertz CT molecular complexity index is 963. The predicted molar refractivity (Wildman–Crippen MR) is 123 cm³/mol. The maximum absolute atomic E-state index is 6.64. The van der Waals surface area contributed by atoms with E-state index in [9.17, 15) is 0 Å². The van der Waals surface area contributed by atoms with Gasteiger partial charge in [0.15, 0.2) is 0 Å². The van der Waals surface area contributed by atoms with Crippen molar-refractivity contribution in [1.82, 2.24) is 9.97 Å². The van der Waals surface area contributed by atoms with Gasteiger partial charge >= 0.3 is 0 Å². The fourth-order valence-electron chi connectivity index (χ4n) is 5.43. The smallest absolute Gasteiger partial charge is 0.143 e. The number of aromatic nitrogens is 2. The number of ether oxygens (including phenoxy) is 2. The number of nitrogen functional groups attached to an aromatic ring is 1. The SMILES string of the molecule is CC1(C)Cc2c(ccc(O[C@H]3CC[C@H](N)CC3)c2N2CCOCC2)-c2ncnc(N)c21. The number of anilines is 2. The minimum Gasteiger partial charge on any atom is -0.488 e. The first-order chi connectivity index (χ1) is 14.9. The van der Waals surface area contributed by atoms with E-state index in [4.69, 9.17) is 20.9 Å². The Balaban J connectivity index is 1.61. The molecule has 0 amide bonds. The summed E-state index contributed by atoms with van der Waals surface area (Å²) in [6, 6.07) is 4.59. The van der Waals surface area contributed by atoms with Crippen molar-refractivity contribution in [3.63, 3.8) is 0 Å². The number of morpholine rings is 1. The third-order valence-corrected chi connectivity index (χ3v) is 7.01. The zero-order valence-electron chi connectivity index (χ0n) is 18.6. The first kappa shape index (κ1) is 20.5. The van der Waals surface area contributed by atoms with Crippen LogP contribution in [0.3, 0.4) is 0 Å². The zero-order chi connectivity index (χ0) is 21.6. The molecule has 1 saturated heterocycles. The van der Waals surface area contributed by atoms with Crippen LogP contribution in [0.1, 0.15) is 50.7 Å². The highest BCUT2D eigenvalue weighted by Gasteiger charge is 2.38. The standard InChI is InChI=1S/C24H33N5O2/c1-24(2)13-18-17(21-20(24)23(26)28-14-27-21)7-8-19(22(18)29-9-11-30-12-10-29)31-16-5-3-15(25)4-6-16/h7-8,14-16H,3-6,9-13,25H2,1-2H3,(H2,26,27,28)/t15-,16-. The van der Waals surface area contributed by atoms with Gasteiger partial charge in [-0.2, -0.15) is 0 Å². The Morgan fingerprint density at radius 1 is 1.10 bits per heavy atom. The Kier molecular flexibility index (Phi) is 5.26. The van der Waals surface area contributed by atoms with Gasteiger partial charge in [0.25, 0.3) is 0 Å². The topological polar surface area (TPSA) is 99.5 Å². The van der Waals surface area contributed by atoms with Crippen LogP contribution in [0.5, 0.6) is 5.75 Å². The number of hydrogen-bond acceptors (Lipinski definition) is 7. The van der Waals surface area contributed by atoms with Crippen LogP contribution in [0.2, 0.25) is 0 Å². The average Bonchev–Trinajstić information content (AvgIpc) is 2.75. The highest BCUT2D eigenvalue weighted by Crippen LogP contribution is 2.49. The molecule has 2 aliphatic carbocycles. The van der Waals surface area contributed by atoms with Crippen molar-refractivity contribution >= 4 is 11.5 Å². The Hall–Kier alpha value is -2.38. The molecule has 2 fully saturated rings. The summed E-state index contributed by atoms with van der Waals surface area (Å²) in [5.74, 6) is 1.55. The third-order valence-electron chi connectivity index (χ3n) is 7.01. The molecule has 1 aromatic heterocycles. The van der Waals surface area contributed by atoms with E-state index in [-0.39, 0.29) is 11.5 Å². The second-order valence-corrected chi connectivity index (χ2v) is 9.74. The molecule has 0 bridgehead atoms. The molecule has 0 atom stereocenters. The molecule has 1 aromatic carbocycles. The molecule has 1 saturated carbocycles. The number of benzene rings is 1. The van der Waals surface area contributed by atoms with E-state index in [1.54, 1.807) is 6.33 Å². The number of nitrogens with two attached hydrogens (primary N) is 2. The second kappa shape index (κ2) is 7.95. The van der Waals surface area contributed by atoms with E-state index in [1.807, 2.05) is 0 Å². The summed E-state index contributed by atoms with van der Waals surface area (Å²) in [4.78, 5) is 11.4. The molecule has 1 aliphatic heterocycles. The molecule has 31 heavy (non-hydrogen) atoms. The van der Waals surface area contributed by atoms with Gasteiger partial charge in [-0.25, -0.2) is 9.97 Å². The van der Waals surface area contributed by atoms with Crippen LogP contribution in [0.25, 0.3) is 11.3 Å². The van der Waals surface area contributed by atoms with Gasteiger partial charge in [-0.15, -0.1) is 0 Å². The van der Waals surface area contributed by atoms with Gasteiger partial charge in [0, 0.05) is 30.3 Å². The van der Waals surface area contributed by atoms with Crippen molar-refractivity contribution in [2.75, 3.05) is 36.9 Å². The highest BCUT2D eigenvalue weighted by atomic mass is 16.5. The molecule has 4 N–H and O–H groups in total. The number of fused-ring (bicyclic) bond motifs is 3. The molecular formula is C24H33N5O2. The molecule has 3 aliphatic rings. The summed E-state index contributed by atoms with van der Waals surface area (Å²) < 4.78 is 12.3. The molecule has 0 spiro atoms. The van der Waals surface area contributed by atoms with Crippen LogP contribution in [-0.4, -0.2) is 48.4 Å². The van der Waals surface area contributed by atoms with Gasteiger partial charge in [-0.05, 0) is 55.2 Å².